The monoisotopic (exact) mass is 497 g/mol. The maximum absolute atomic E-state index is 12.3. The third-order valence-electron chi connectivity index (χ3n) is 4.14. The van der Waals surface area contributed by atoms with E-state index < -0.39 is 9.84 Å². The van der Waals surface area contributed by atoms with Gasteiger partial charge in [-0.05, 0) is 44.6 Å². The van der Waals surface area contributed by atoms with Crippen LogP contribution in [0.2, 0.25) is 0 Å². The number of thioether (sulfide) groups is 1. The smallest absolute Gasteiger partial charge is 0.191 e. The molecule has 1 aliphatic carbocycles. The molecule has 2 unspecified atom stereocenters. The fraction of sp³-hybridized carbons (Fsp3) is 0.588. The first-order chi connectivity index (χ1) is 11.5. The number of guanidine groups is 1. The second kappa shape index (κ2) is 11.3. The summed E-state index contributed by atoms with van der Waals surface area (Å²) in [4.78, 5) is 4.81. The van der Waals surface area contributed by atoms with Crippen molar-refractivity contribution in [3.05, 3.63) is 30.3 Å². The number of benzene rings is 1. The van der Waals surface area contributed by atoms with Crippen molar-refractivity contribution in [2.24, 2.45) is 4.99 Å². The van der Waals surface area contributed by atoms with E-state index in [4.69, 9.17) is 0 Å². The van der Waals surface area contributed by atoms with Crippen LogP contribution in [0.25, 0.3) is 0 Å². The molecule has 0 aromatic heterocycles. The third-order valence-corrected chi connectivity index (χ3v) is 6.94. The Hall–Kier alpha value is -0.480. The second-order valence-electron chi connectivity index (χ2n) is 5.90. The maximum atomic E-state index is 12.3. The predicted molar refractivity (Wildman–Crippen MR) is 118 cm³/mol. The summed E-state index contributed by atoms with van der Waals surface area (Å²) in [5.41, 5.74) is 0. The average Bonchev–Trinajstić information content (AvgIpc) is 3.03. The first kappa shape index (κ1) is 22.6. The lowest BCUT2D eigenvalue weighted by Crippen LogP contribution is -2.42. The molecule has 5 nitrogen and oxygen atoms in total. The SMILES string of the molecule is CCNC(=NCCS(=O)(=O)c1ccccc1)NC1CCC(SC)C1.I. The van der Waals surface area contributed by atoms with Crippen LogP contribution in [0.3, 0.4) is 0 Å². The molecule has 0 amide bonds. The molecule has 0 radical (unpaired) electrons. The lowest BCUT2D eigenvalue weighted by Gasteiger charge is -2.17. The highest BCUT2D eigenvalue weighted by atomic mass is 127. The summed E-state index contributed by atoms with van der Waals surface area (Å²) in [7, 11) is -3.28. The maximum Gasteiger partial charge on any atom is 0.191 e. The predicted octanol–water partition coefficient (Wildman–Crippen LogP) is 2.92. The number of halogens is 1. The molecule has 1 aliphatic rings. The molecule has 2 atom stereocenters. The Bertz CT molecular complexity index is 639. The van der Waals surface area contributed by atoms with E-state index in [9.17, 15) is 8.42 Å². The largest absolute Gasteiger partial charge is 0.357 e. The van der Waals surface area contributed by atoms with Crippen LogP contribution in [0, 0.1) is 0 Å². The van der Waals surface area contributed by atoms with Gasteiger partial charge in [-0.15, -0.1) is 24.0 Å². The number of rotatable bonds is 7. The Balaban J connectivity index is 0.00000312. The zero-order chi connectivity index (χ0) is 17.4. The molecular weight excluding hydrogens is 469 g/mol. The van der Waals surface area contributed by atoms with Gasteiger partial charge in [-0.1, -0.05) is 18.2 Å². The highest BCUT2D eigenvalue weighted by molar-refractivity contribution is 14.0. The van der Waals surface area contributed by atoms with Crippen LogP contribution in [-0.2, 0) is 9.84 Å². The van der Waals surface area contributed by atoms with E-state index in [0.29, 0.717) is 22.1 Å². The number of nitrogens with one attached hydrogen (secondary N) is 2. The minimum absolute atomic E-state index is 0. The number of aliphatic imine (C=N–C) groups is 1. The van der Waals surface area contributed by atoms with Gasteiger partial charge in [-0.3, -0.25) is 4.99 Å². The van der Waals surface area contributed by atoms with Gasteiger partial charge in [0.1, 0.15) is 0 Å². The molecule has 2 rings (SSSR count). The molecule has 0 bridgehead atoms. The van der Waals surface area contributed by atoms with Gasteiger partial charge in [0, 0.05) is 17.8 Å². The molecule has 1 aromatic carbocycles. The number of hydrogen-bond acceptors (Lipinski definition) is 4. The molecule has 0 aliphatic heterocycles. The fourth-order valence-corrected chi connectivity index (χ4v) is 4.76. The highest BCUT2D eigenvalue weighted by Gasteiger charge is 2.24. The molecule has 0 heterocycles. The van der Waals surface area contributed by atoms with E-state index in [1.165, 1.54) is 6.42 Å². The van der Waals surface area contributed by atoms with E-state index in [1.54, 1.807) is 24.3 Å². The third kappa shape index (κ3) is 7.34. The van der Waals surface area contributed by atoms with Crippen molar-refractivity contribution in [1.29, 1.82) is 0 Å². The van der Waals surface area contributed by atoms with Crippen LogP contribution < -0.4 is 10.6 Å². The van der Waals surface area contributed by atoms with Crippen LogP contribution in [-0.4, -0.2) is 50.8 Å². The molecular formula is C17H28IN3O2S2. The summed E-state index contributed by atoms with van der Waals surface area (Å²) in [6.45, 7) is 3.03. The number of nitrogens with zero attached hydrogens (tertiary/aromatic N) is 1. The van der Waals surface area contributed by atoms with Gasteiger partial charge < -0.3 is 10.6 Å². The van der Waals surface area contributed by atoms with Gasteiger partial charge in [0.25, 0.3) is 0 Å². The topological polar surface area (TPSA) is 70.6 Å². The lowest BCUT2D eigenvalue weighted by atomic mass is 10.2. The molecule has 142 valence electrons. The van der Waals surface area contributed by atoms with Gasteiger partial charge >= 0.3 is 0 Å². The summed E-state index contributed by atoms with van der Waals surface area (Å²) < 4.78 is 24.6. The van der Waals surface area contributed by atoms with Gasteiger partial charge in [0.05, 0.1) is 17.2 Å². The van der Waals surface area contributed by atoms with Crippen LogP contribution >= 0.6 is 35.7 Å². The van der Waals surface area contributed by atoms with Crippen LogP contribution in [0.15, 0.2) is 40.2 Å². The van der Waals surface area contributed by atoms with Crippen molar-refractivity contribution < 1.29 is 8.42 Å². The average molecular weight is 497 g/mol. The Morgan fingerprint density at radius 1 is 1.28 bits per heavy atom. The van der Waals surface area contributed by atoms with E-state index in [0.717, 1.165) is 19.4 Å². The van der Waals surface area contributed by atoms with Crippen molar-refractivity contribution in [3.8, 4) is 0 Å². The van der Waals surface area contributed by atoms with Crippen molar-refractivity contribution in [2.75, 3.05) is 25.1 Å². The molecule has 8 heteroatoms. The van der Waals surface area contributed by atoms with E-state index >= 15 is 0 Å². The van der Waals surface area contributed by atoms with E-state index in [-0.39, 0.29) is 36.3 Å². The summed E-state index contributed by atoms with van der Waals surface area (Å²) in [5.74, 6) is 0.735. The summed E-state index contributed by atoms with van der Waals surface area (Å²) in [6.07, 6.45) is 5.65. The molecule has 0 spiro atoms. The molecule has 2 N–H and O–H groups in total. The lowest BCUT2D eigenvalue weighted by molar-refractivity contribution is 0.595. The fourth-order valence-electron chi connectivity index (χ4n) is 2.82. The van der Waals surface area contributed by atoms with Crippen LogP contribution in [0.1, 0.15) is 26.2 Å². The Kier molecular flexibility index (Phi) is 10.2. The van der Waals surface area contributed by atoms with Crippen molar-refractivity contribution in [3.63, 3.8) is 0 Å². The first-order valence-electron chi connectivity index (χ1n) is 8.40. The van der Waals surface area contributed by atoms with Crippen molar-refractivity contribution in [2.45, 2.75) is 42.4 Å². The quantitative estimate of drug-likeness (QED) is 0.345. The normalized spacial score (nSPS) is 20.8. The van der Waals surface area contributed by atoms with Gasteiger partial charge in [-0.25, -0.2) is 8.42 Å². The van der Waals surface area contributed by atoms with Crippen molar-refractivity contribution >= 4 is 51.5 Å². The Morgan fingerprint density at radius 3 is 2.60 bits per heavy atom. The second-order valence-corrected chi connectivity index (χ2v) is 9.15. The van der Waals surface area contributed by atoms with E-state index in [2.05, 4.69) is 21.9 Å². The van der Waals surface area contributed by atoms with Gasteiger partial charge in [0.2, 0.25) is 0 Å². The van der Waals surface area contributed by atoms with Gasteiger partial charge in [-0.2, -0.15) is 11.8 Å². The number of hydrogen-bond donors (Lipinski definition) is 2. The summed E-state index contributed by atoms with van der Waals surface area (Å²) >= 11 is 1.92. The summed E-state index contributed by atoms with van der Waals surface area (Å²) in [6, 6.07) is 8.97. The molecule has 1 saturated carbocycles. The van der Waals surface area contributed by atoms with Crippen LogP contribution in [0.4, 0.5) is 0 Å². The highest BCUT2D eigenvalue weighted by Crippen LogP contribution is 2.28. The Morgan fingerprint density at radius 2 is 2.00 bits per heavy atom. The minimum atomic E-state index is -3.28. The molecule has 1 fully saturated rings. The molecule has 25 heavy (non-hydrogen) atoms. The number of sulfone groups is 1. The Labute approximate surface area is 172 Å². The van der Waals surface area contributed by atoms with Gasteiger partial charge in [0.15, 0.2) is 15.8 Å². The van der Waals surface area contributed by atoms with Crippen LogP contribution in [0.5, 0.6) is 0 Å². The minimum Gasteiger partial charge on any atom is -0.357 e. The first-order valence-corrected chi connectivity index (χ1v) is 11.3. The molecule has 1 aromatic rings. The van der Waals surface area contributed by atoms with Crippen molar-refractivity contribution in [1.82, 2.24) is 10.6 Å². The molecule has 0 saturated heterocycles. The standard InChI is InChI=1S/C17H27N3O2S2.HI/c1-3-18-17(20-14-9-10-15(13-14)23-2)19-11-12-24(21,22)16-7-5-4-6-8-16;/h4-8,14-15H,3,9-13H2,1-2H3,(H2,18,19,20);1H. The zero-order valence-corrected chi connectivity index (χ0v) is 18.7. The summed E-state index contributed by atoms with van der Waals surface area (Å²) in [5, 5.41) is 7.36. The van der Waals surface area contributed by atoms with E-state index in [1.807, 2.05) is 24.8 Å². The zero-order valence-electron chi connectivity index (χ0n) is 14.8.